The predicted molar refractivity (Wildman–Crippen MR) is 105 cm³/mol. The van der Waals surface area contributed by atoms with Crippen LogP contribution in [0.4, 0.5) is 5.69 Å². The zero-order valence-corrected chi connectivity index (χ0v) is 17.6. The molecule has 10 nitrogen and oxygen atoms in total. The van der Waals surface area contributed by atoms with Crippen molar-refractivity contribution in [3.8, 4) is 0 Å². The molecule has 1 aliphatic heterocycles. The maximum atomic E-state index is 13.0. The summed E-state index contributed by atoms with van der Waals surface area (Å²) in [6, 6.07) is 2.58. The molecule has 0 aromatic heterocycles. The van der Waals surface area contributed by atoms with E-state index < -0.39 is 44.4 Å². The van der Waals surface area contributed by atoms with Crippen LogP contribution in [0, 0.1) is 16.0 Å². The van der Waals surface area contributed by atoms with Gasteiger partial charge in [-0.05, 0) is 37.8 Å². The van der Waals surface area contributed by atoms with Crippen LogP contribution in [0.25, 0.3) is 0 Å². The van der Waals surface area contributed by atoms with Crippen molar-refractivity contribution in [3.63, 3.8) is 0 Å². The number of benzene rings is 1. The van der Waals surface area contributed by atoms with Crippen LogP contribution in [-0.2, 0) is 19.6 Å². The summed E-state index contributed by atoms with van der Waals surface area (Å²) in [5.41, 5.74) is 4.16. The van der Waals surface area contributed by atoms with Crippen LogP contribution in [-0.4, -0.2) is 47.1 Å². The van der Waals surface area contributed by atoms with Gasteiger partial charge in [0.2, 0.25) is 21.8 Å². The van der Waals surface area contributed by atoms with Crippen molar-refractivity contribution in [1.82, 2.24) is 9.62 Å². The second-order valence-electron chi connectivity index (χ2n) is 7.76. The summed E-state index contributed by atoms with van der Waals surface area (Å²) in [6.45, 7) is 7.15. The number of sulfonamides is 1. The van der Waals surface area contributed by atoms with E-state index in [2.05, 4.69) is 5.32 Å². The number of amides is 2. The van der Waals surface area contributed by atoms with Gasteiger partial charge in [0.25, 0.3) is 5.69 Å². The number of rotatable bonds is 9. The normalized spacial score (nSPS) is 24.7. The molecule has 160 valence electrons. The fraction of sp³-hybridized carbons (Fsp3) is 0.556. The third-order valence-electron chi connectivity index (χ3n) is 5.19. The number of primary amides is 1. The number of hydrogen-bond acceptors (Lipinski definition) is 6. The van der Waals surface area contributed by atoms with E-state index in [0.29, 0.717) is 12.8 Å². The molecule has 1 fully saturated rings. The predicted octanol–water partition coefficient (Wildman–Crippen LogP) is 1.15. The Morgan fingerprint density at radius 3 is 2.28 bits per heavy atom. The minimum atomic E-state index is -4.07. The zero-order chi connectivity index (χ0) is 22.1. The van der Waals surface area contributed by atoms with Crippen molar-refractivity contribution in [2.75, 3.05) is 0 Å². The van der Waals surface area contributed by atoms with Gasteiger partial charge in [0.1, 0.15) is 12.1 Å². The van der Waals surface area contributed by atoms with E-state index in [0.717, 1.165) is 28.6 Å². The third-order valence-corrected chi connectivity index (χ3v) is 7.21. The summed E-state index contributed by atoms with van der Waals surface area (Å²) < 4.78 is 27.2. The molecule has 29 heavy (non-hydrogen) atoms. The van der Waals surface area contributed by atoms with Gasteiger partial charge in [-0.1, -0.05) is 20.8 Å². The van der Waals surface area contributed by atoms with Crippen LogP contribution >= 0.6 is 0 Å². The van der Waals surface area contributed by atoms with Crippen molar-refractivity contribution in [2.24, 2.45) is 11.7 Å². The summed E-state index contributed by atoms with van der Waals surface area (Å²) in [4.78, 5) is 34.5. The lowest BCUT2D eigenvalue weighted by atomic mass is 10.0. The number of carbonyl (C=O) groups excluding carboxylic acids is 2. The van der Waals surface area contributed by atoms with Crippen molar-refractivity contribution in [2.45, 2.75) is 63.1 Å². The van der Waals surface area contributed by atoms with Gasteiger partial charge in [-0.15, -0.1) is 0 Å². The monoisotopic (exact) mass is 426 g/mol. The van der Waals surface area contributed by atoms with Gasteiger partial charge in [0, 0.05) is 12.1 Å². The van der Waals surface area contributed by atoms with E-state index >= 15 is 0 Å². The maximum absolute atomic E-state index is 13.0. The molecule has 1 unspecified atom stereocenters. The smallest absolute Gasteiger partial charge is 0.269 e. The van der Waals surface area contributed by atoms with E-state index in [9.17, 15) is 28.1 Å². The molecule has 2 rings (SSSR count). The Bertz CT molecular complexity index is 915. The second-order valence-corrected chi connectivity index (χ2v) is 9.57. The van der Waals surface area contributed by atoms with E-state index in [1.165, 1.54) is 0 Å². The Morgan fingerprint density at radius 2 is 1.86 bits per heavy atom. The Morgan fingerprint density at radius 1 is 1.31 bits per heavy atom. The molecule has 0 spiro atoms. The molecule has 1 heterocycles. The minimum Gasteiger partial charge on any atom is -0.368 e. The first-order valence-corrected chi connectivity index (χ1v) is 10.7. The molecule has 1 saturated heterocycles. The lowest BCUT2D eigenvalue weighted by molar-refractivity contribution is -0.384. The lowest BCUT2D eigenvalue weighted by Gasteiger charge is -2.17. The first kappa shape index (κ1) is 22.8. The maximum Gasteiger partial charge on any atom is 0.269 e. The molecule has 0 bridgehead atoms. The molecule has 11 heteroatoms. The Hall–Kier alpha value is -2.53. The van der Waals surface area contributed by atoms with Crippen molar-refractivity contribution in [1.29, 1.82) is 0 Å². The number of non-ortho nitro benzene ring substituents is 1. The number of nitrogens with zero attached hydrogens (tertiary/aromatic N) is 2. The van der Waals surface area contributed by atoms with Crippen LogP contribution < -0.4 is 11.1 Å². The highest BCUT2D eigenvalue weighted by Crippen LogP contribution is 2.48. The first-order chi connectivity index (χ1) is 13.4. The van der Waals surface area contributed by atoms with Gasteiger partial charge in [0.05, 0.1) is 15.4 Å². The van der Waals surface area contributed by atoms with E-state index in [1.807, 2.05) is 13.8 Å². The van der Waals surface area contributed by atoms with Gasteiger partial charge < -0.3 is 11.1 Å². The number of hydrogen-bond donors (Lipinski definition) is 2. The molecule has 2 amide bonds. The topological polar surface area (TPSA) is 152 Å². The summed E-state index contributed by atoms with van der Waals surface area (Å²) in [7, 11) is -4.07. The molecule has 1 aromatic carbocycles. The molecule has 0 aliphatic carbocycles. The van der Waals surface area contributed by atoms with E-state index in [4.69, 9.17) is 5.73 Å². The fourth-order valence-electron chi connectivity index (χ4n) is 3.37. The summed E-state index contributed by atoms with van der Waals surface area (Å²) in [6.07, 6.45) is 0.703. The van der Waals surface area contributed by atoms with Crippen LogP contribution in [0.5, 0.6) is 0 Å². The second kappa shape index (κ2) is 8.07. The zero-order valence-electron chi connectivity index (χ0n) is 16.8. The van der Waals surface area contributed by atoms with Gasteiger partial charge in [0.15, 0.2) is 0 Å². The Kier molecular flexibility index (Phi) is 6.33. The van der Waals surface area contributed by atoms with Crippen molar-refractivity contribution >= 4 is 27.5 Å². The quantitative estimate of drug-likeness (QED) is 0.343. The summed E-state index contributed by atoms with van der Waals surface area (Å²) >= 11 is 0. The standard InChI is InChI=1S/C18H26N4O6S/c1-5-18(4)15(17(24)20-14(16(19)23)10-11(2)3)21(18)29(27,28)13-8-6-12(7-9-13)22(25)26/h6-9,11,14-15H,5,10H2,1-4H3,(H2,19,23)(H,20,24)/t14-,15+,18-,21?/m0/s1. The summed E-state index contributed by atoms with van der Waals surface area (Å²) in [5.74, 6) is -1.18. The number of nitrogens with two attached hydrogens (primary N) is 1. The lowest BCUT2D eigenvalue weighted by Crippen LogP contribution is -2.47. The summed E-state index contributed by atoms with van der Waals surface area (Å²) in [5, 5.41) is 13.4. The van der Waals surface area contributed by atoms with Gasteiger partial charge in [-0.2, -0.15) is 4.31 Å². The van der Waals surface area contributed by atoms with E-state index in [1.54, 1.807) is 13.8 Å². The fourth-order valence-corrected chi connectivity index (χ4v) is 5.41. The molecule has 1 aliphatic rings. The van der Waals surface area contributed by atoms with Gasteiger partial charge >= 0.3 is 0 Å². The molecular formula is C18H26N4O6S. The van der Waals surface area contributed by atoms with Crippen LogP contribution in [0.3, 0.4) is 0 Å². The molecule has 0 saturated carbocycles. The minimum absolute atomic E-state index is 0.101. The largest absolute Gasteiger partial charge is 0.368 e. The highest BCUT2D eigenvalue weighted by Gasteiger charge is 2.68. The van der Waals surface area contributed by atoms with Crippen molar-refractivity contribution in [3.05, 3.63) is 34.4 Å². The van der Waals surface area contributed by atoms with E-state index in [-0.39, 0.29) is 16.5 Å². The van der Waals surface area contributed by atoms with Crippen LogP contribution in [0.15, 0.2) is 29.2 Å². The van der Waals surface area contributed by atoms with Gasteiger partial charge in [-0.3, -0.25) is 19.7 Å². The number of nitrogens with one attached hydrogen (secondary N) is 1. The van der Waals surface area contributed by atoms with Crippen LogP contribution in [0.1, 0.15) is 40.5 Å². The number of nitro benzene ring substituents is 1. The average molecular weight is 426 g/mol. The molecule has 4 atom stereocenters. The average Bonchev–Trinajstić information content (AvgIpc) is 3.28. The molecule has 0 radical (unpaired) electrons. The highest BCUT2D eigenvalue weighted by molar-refractivity contribution is 7.89. The van der Waals surface area contributed by atoms with Gasteiger partial charge in [-0.25, -0.2) is 8.42 Å². The Balaban J connectivity index is 2.29. The molecule has 3 N–H and O–H groups in total. The Labute approximate surface area is 169 Å². The number of carbonyl (C=O) groups is 2. The first-order valence-electron chi connectivity index (χ1n) is 9.25. The molecular weight excluding hydrogens is 400 g/mol. The number of nitro groups is 1. The van der Waals surface area contributed by atoms with Crippen LogP contribution in [0.2, 0.25) is 0 Å². The van der Waals surface area contributed by atoms with Crippen molar-refractivity contribution < 1.29 is 22.9 Å². The highest BCUT2D eigenvalue weighted by atomic mass is 32.2. The third kappa shape index (κ3) is 4.40. The molecule has 1 aromatic rings. The SMILES string of the molecule is CC[C@@]1(C)[C@@H](C(=O)N[C@@H](CC(C)C)C(N)=O)N1S(=O)(=O)c1ccc([N+](=O)[O-])cc1.